The second kappa shape index (κ2) is 9.66. The molecule has 2 aromatic carbocycles. The minimum Gasteiger partial charge on any atom is -0.337 e. The zero-order valence-corrected chi connectivity index (χ0v) is 19.5. The number of hydrogen-bond acceptors (Lipinski definition) is 3. The summed E-state index contributed by atoms with van der Waals surface area (Å²) >= 11 is 1.49. The van der Waals surface area contributed by atoms with Crippen molar-refractivity contribution in [3.05, 3.63) is 59.7 Å². The normalized spacial score (nSPS) is 22.2. The van der Waals surface area contributed by atoms with Crippen LogP contribution >= 0.6 is 11.9 Å². The van der Waals surface area contributed by atoms with Crippen LogP contribution in [0.25, 0.3) is 11.1 Å². The standard InChI is InChI=1S/C25H28F4N2OS/c1-3-33-30-22-20(31(14-25(22)9-10-25)24(32)15(2)23(28)29)12-17-11-18(26)13-19(21(17)27)16-7-5-4-6-8-16/h4-8,11,13,15,20,22-23,30H,3,9-10,12,14H2,1-2H3. The molecule has 8 heteroatoms. The molecule has 2 aromatic rings. The Balaban J connectivity index is 1.71. The van der Waals surface area contributed by atoms with Crippen LogP contribution in [-0.4, -0.2) is 41.6 Å². The Bertz CT molecular complexity index is 999. The van der Waals surface area contributed by atoms with Gasteiger partial charge >= 0.3 is 0 Å². The molecule has 1 amide bonds. The van der Waals surface area contributed by atoms with Gasteiger partial charge in [-0.05, 0) is 49.4 Å². The Labute approximate surface area is 196 Å². The van der Waals surface area contributed by atoms with Crippen molar-refractivity contribution >= 4 is 17.9 Å². The highest BCUT2D eigenvalue weighted by molar-refractivity contribution is 7.97. The SMILES string of the molecule is CCSNC1C(Cc2cc(F)cc(-c3ccccc3)c2F)N(C(=O)C(C)C(F)F)CC12CC2. The average Bonchev–Trinajstić information content (AvgIpc) is 3.52. The molecule has 1 saturated carbocycles. The van der Waals surface area contributed by atoms with E-state index in [1.807, 2.05) is 6.92 Å². The molecule has 2 aliphatic rings. The van der Waals surface area contributed by atoms with Crippen molar-refractivity contribution in [2.24, 2.45) is 11.3 Å². The molecule has 3 unspecified atom stereocenters. The quantitative estimate of drug-likeness (QED) is 0.389. The molecular weight excluding hydrogens is 452 g/mol. The second-order valence-corrected chi connectivity index (χ2v) is 10.1. The lowest BCUT2D eigenvalue weighted by Gasteiger charge is -2.31. The Morgan fingerprint density at radius 3 is 2.52 bits per heavy atom. The van der Waals surface area contributed by atoms with Crippen molar-refractivity contribution in [3.8, 4) is 11.1 Å². The molecule has 33 heavy (non-hydrogen) atoms. The number of amides is 1. The fourth-order valence-corrected chi connectivity index (χ4v) is 5.59. The van der Waals surface area contributed by atoms with Gasteiger partial charge in [0.1, 0.15) is 11.6 Å². The summed E-state index contributed by atoms with van der Waals surface area (Å²) in [7, 11) is 0. The van der Waals surface area contributed by atoms with Crippen LogP contribution in [-0.2, 0) is 11.2 Å². The van der Waals surface area contributed by atoms with Crippen molar-refractivity contribution in [2.75, 3.05) is 12.3 Å². The molecule has 1 heterocycles. The molecule has 1 saturated heterocycles. The zero-order chi connectivity index (χ0) is 23.8. The van der Waals surface area contributed by atoms with E-state index in [1.165, 1.54) is 23.8 Å². The fourth-order valence-electron chi connectivity index (χ4n) is 4.84. The van der Waals surface area contributed by atoms with Crippen molar-refractivity contribution in [1.82, 2.24) is 9.62 Å². The maximum absolute atomic E-state index is 15.6. The minimum atomic E-state index is -2.78. The number of rotatable bonds is 8. The summed E-state index contributed by atoms with van der Waals surface area (Å²) in [5.41, 5.74) is 0.649. The third kappa shape index (κ3) is 4.78. The van der Waals surface area contributed by atoms with Crippen LogP contribution in [0.5, 0.6) is 0 Å². The Morgan fingerprint density at radius 2 is 1.91 bits per heavy atom. The lowest BCUT2D eigenvalue weighted by Crippen LogP contribution is -2.48. The number of alkyl halides is 2. The van der Waals surface area contributed by atoms with Crippen LogP contribution in [0, 0.1) is 23.0 Å². The van der Waals surface area contributed by atoms with E-state index in [4.69, 9.17) is 0 Å². The van der Waals surface area contributed by atoms with E-state index in [0.29, 0.717) is 12.1 Å². The number of likely N-dealkylation sites (tertiary alicyclic amines) is 1. The van der Waals surface area contributed by atoms with Crippen LogP contribution in [0.1, 0.15) is 32.3 Å². The summed E-state index contributed by atoms with van der Waals surface area (Å²) in [4.78, 5) is 14.5. The first-order valence-electron chi connectivity index (χ1n) is 11.3. The van der Waals surface area contributed by atoms with Crippen LogP contribution in [0.15, 0.2) is 42.5 Å². The van der Waals surface area contributed by atoms with Gasteiger partial charge in [-0.3, -0.25) is 9.52 Å². The van der Waals surface area contributed by atoms with Gasteiger partial charge < -0.3 is 4.90 Å². The average molecular weight is 481 g/mol. The summed E-state index contributed by atoms with van der Waals surface area (Å²) in [5.74, 6) is -2.41. The summed E-state index contributed by atoms with van der Waals surface area (Å²) in [6.45, 7) is 3.57. The van der Waals surface area contributed by atoms with Gasteiger partial charge in [0.25, 0.3) is 0 Å². The molecule has 1 aliphatic carbocycles. The highest BCUT2D eigenvalue weighted by Gasteiger charge is 2.60. The van der Waals surface area contributed by atoms with Gasteiger partial charge in [0, 0.05) is 29.3 Å². The van der Waals surface area contributed by atoms with Crippen molar-refractivity contribution < 1.29 is 22.4 Å². The van der Waals surface area contributed by atoms with Gasteiger partial charge in [-0.2, -0.15) is 0 Å². The van der Waals surface area contributed by atoms with Crippen molar-refractivity contribution in [1.29, 1.82) is 0 Å². The fraction of sp³-hybridized carbons (Fsp3) is 0.480. The maximum atomic E-state index is 15.6. The third-order valence-electron chi connectivity index (χ3n) is 6.85. The van der Waals surface area contributed by atoms with E-state index < -0.39 is 35.9 Å². The van der Waals surface area contributed by atoms with E-state index in [-0.39, 0.29) is 29.0 Å². The topological polar surface area (TPSA) is 32.3 Å². The van der Waals surface area contributed by atoms with Crippen LogP contribution in [0.3, 0.4) is 0 Å². The molecule has 1 aliphatic heterocycles. The monoisotopic (exact) mass is 480 g/mol. The molecule has 1 N–H and O–H groups in total. The van der Waals surface area contributed by atoms with Gasteiger partial charge in [-0.25, -0.2) is 17.6 Å². The van der Waals surface area contributed by atoms with E-state index in [1.54, 1.807) is 30.3 Å². The molecule has 178 valence electrons. The largest absolute Gasteiger partial charge is 0.337 e. The van der Waals surface area contributed by atoms with Gasteiger partial charge in [0.05, 0.1) is 12.0 Å². The number of benzene rings is 2. The summed E-state index contributed by atoms with van der Waals surface area (Å²) in [6, 6.07) is 10.3. The molecular formula is C25H28F4N2OS. The summed E-state index contributed by atoms with van der Waals surface area (Å²) < 4.78 is 60.3. The van der Waals surface area contributed by atoms with Crippen LogP contribution in [0.2, 0.25) is 0 Å². The van der Waals surface area contributed by atoms with E-state index in [2.05, 4.69) is 4.72 Å². The number of nitrogens with one attached hydrogen (secondary N) is 1. The number of halogens is 4. The van der Waals surface area contributed by atoms with Gasteiger partial charge in [0.15, 0.2) is 0 Å². The van der Waals surface area contributed by atoms with Crippen molar-refractivity contribution in [3.63, 3.8) is 0 Å². The highest BCUT2D eigenvalue weighted by Crippen LogP contribution is 2.56. The highest BCUT2D eigenvalue weighted by atomic mass is 32.2. The Kier molecular flexibility index (Phi) is 7.05. The third-order valence-corrected chi connectivity index (χ3v) is 7.56. The van der Waals surface area contributed by atoms with Crippen LogP contribution < -0.4 is 4.72 Å². The molecule has 0 aromatic heterocycles. The lowest BCUT2D eigenvalue weighted by atomic mass is 9.91. The first-order valence-corrected chi connectivity index (χ1v) is 12.2. The molecule has 0 bridgehead atoms. The molecule has 3 atom stereocenters. The smallest absolute Gasteiger partial charge is 0.249 e. The first kappa shape index (κ1) is 24.1. The Morgan fingerprint density at radius 1 is 1.21 bits per heavy atom. The summed E-state index contributed by atoms with van der Waals surface area (Å²) in [6.07, 6.45) is -0.978. The zero-order valence-electron chi connectivity index (χ0n) is 18.7. The van der Waals surface area contributed by atoms with Gasteiger partial charge in [-0.1, -0.05) is 49.2 Å². The van der Waals surface area contributed by atoms with Crippen LogP contribution in [0.4, 0.5) is 17.6 Å². The predicted molar refractivity (Wildman–Crippen MR) is 123 cm³/mol. The van der Waals surface area contributed by atoms with Gasteiger partial charge in [-0.15, -0.1) is 0 Å². The molecule has 1 spiro atoms. The van der Waals surface area contributed by atoms with E-state index in [9.17, 15) is 18.0 Å². The van der Waals surface area contributed by atoms with E-state index in [0.717, 1.165) is 30.7 Å². The number of nitrogens with zero attached hydrogens (tertiary/aromatic N) is 1. The molecule has 4 rings (SSSR count). The molecule has 3 nitrogen and oxygen atoms in total. The molecule has 0 radical (unpaired) electrons. The lowest BCUT2D eigenvalue weighted by molar-refractivity contribution is -0.140. The minimum absolute atomic E-state index is 0.0504. The summed E-state index contributed by atoms with van der Waals surface area (Å²) in [5, 5.41) is 0. The van der Waals surface area contributed by atoms with Gasteiger partial charge in [0.2, 0.25) is 12.3 Å². The number of carbonyl (C=O) groups is 1. The first-order chi connectivity index (χ1) is 15.8. The number of hydrogen-bond donors (Lipinski definition) is 1. The second-order valence-electron chi connectivity index (χ2n) is 9.04. The predicted octanol–water partition coefficient (Wildman–Crippen LogP) is 5.69. The molecule has 2 fully saturated rings. The number of carbonyl (C=O) groups excluding carboxylic acids is 1. The Hall–Kier alpha value is -2.06. The van der Waals surface area contributed by atoms with E-state index >= 15 is 4.39 Å². The maximum Gasteiger partial charge on any atom is 0.249 e. The van der Waals surface area contributed by atoms with Crippen molar-refractivity contribution in [2.45, 2.75) is 51.6 Å².